The first-order chi connectivity index (χ1) is 15.4. The maximum Gasteiger partial charge on any atom is 0.355 e. The Bertz CT molecular complexity index is 1130. The number of amides is 1. The van der Waals surface area contributed by atoms with E-state index in [2.05, 4.69) is 26.1 Å². The van der Waals surface area contributed by atoms with Crippen molar-refractivity contribution in [1.82, 2.24) is 15.4 Å². The normalized spacial score (nSPS) is 10.2. The summed E-state index contributed by atoms with van der Waals surface area (Å²) < 4.78 is 10.4. The molecule has 3 aromatic rings. The number of aromatic nitrogens is 2. The highest BCUT2D eigenvalue weighted by atomic mass is 35.5. The highest BCUT2D eigenvalue weighted by molar-refractivity contribution is 6.32. The molecule has 3 N–H and O–H groups in total. The summed E-state index contributed by atoms with van der Waals surface area (Å²) in [5.74, 6) is -0.0429. The number of methoxy groups -OCH3 is 2. The number of carbonyl (C=O) groups is 1. The van der Waals surface area contributed by atoms with E-state index in [4.69, 9.17) is 21.1 Å². The number of anilines is 3. The van der Waals surface area contributed by atoms with Gasteiger partial charge >= 0.3 is 5.69 Å². The van der Waals surface area contributed by atoms with Crippen molar-refractivity contribution in [3.63, 3.8) is 0 Å². The average Bonchev–Trinajstić information content (AvgIpc) is 2.78. The molecule has 1 heterocycles. The van der Waals surface area contributed by atoms with E-state index in [-0.39, 0.29) is 23.1 Å². The van der Waals surface area contributed by atoms with Gasteiger partial charge in [-0.05, 0) is 11.6 Å². The van der Waals surface area contributed by atoms with Crippen LogP contribution in [0.5, 0.6) is 11.5 Å². The molecule has 166 valence electrons. The Hall–Kier alpha value is -4.12. The van der Waals surface area contributed by atoms with E-state index in [0.29, 0.717) is 17.2 Å². The number of halogens is 1. The minimum atomic E-state index is -0.675. The summed E-state index contributed by atoms with van der Waals surface area (Å²) in [5, 5.41) is 14.8. The van der Waals surface area contributed by atoms with Crippen LogP contribution in [0.3, 0.4) is 0 Å². The second-order valence-electron chi connectivity index (χ2n) is 6.32. The van der Waals surface area contributed by atoms with Crippen LogP contribution in [0.1, 0.15) is 5.56 Å². The first-order valence-corrected chi connectivity index (χ1v) is 9.57. The lowest BCUT2D eigenvalue weighted by Gasteiger charge is -2.14. The third kappa shape index (κ3) is 5.32. The fourth-order valence-corrected chi connectivity index (χ4v) is 3.02. The third-order valence-electron chi connectivity index (χ3n) is 4.26. The summed E-state index contributed by atoms with van der Waals surface area (Å²) in [6, 6.07) is 12.1. The molecule has 32 heavy (non-hydrogen) atoms. The molecule has 0 saturated heterocycles. The van der Waals surface area contributed by atoms with E-state index in [0.717, 1.165) is 11.9 Å². The Morgan fingerprint density at radius 2 is 1.78 bits per heavy atom. The summed E-state index contributed by atoms with van der Waals surface area (Å²) in [5.41, 5.74) is 5.52. The van der Waals surface area contributed by atoms with Crippen molar-refractivity contribution in [3.05, 3.63) is 69.5 Å². The Labute approximate surface area is 187 Å². The van der Waals surface area contributed by atoms with Crippen LogP contribution < -0.4 is 25.6 Å². The van der Waals surface area contributed by atoms with Crippen LogP contribution in [0.15, 0.2) is 48.8 Å². The summed E-state index contributed by atoms with van der Waals surface area (Å²) in [4.78, 5) is 31.1. The van der Waals surface area contributed by atoms with Crippen molar-refractivity contribution in [2.75, 3.05) is 25.0 Å². The predicted octanol–water partition coefficient (Wildman–Crippen LogP) is 3.48. The van der Waals surface area contributed by atoms with Gasteiger partial charge < -0.3 is 14.8 Å². The molecule has 3 rings (SSSR count). The molecule has 1 aromatic heterocycles. The van der Waals surface area contributed by atoms with E-state index in [9.17, 15) is 14.9 Å². The van der Waals surface area contributed by atoms with Gasteiger partial charge in [-0.25, -0.2) is 9.97 Å². The summed E-state index contributed by atoms with van der Waals surface area (Å²) in [6.07, 6.45) is 1.19. The standard InChI is InChI=1S/C20H19ClN6O5/c1-31-15-10-16(32-2)14(9-13(15)21)24-19-18(27(29)30)20(23-11-22-19)26-25-17(28)8-12-6-4-3-5-7-12/h3-7,9-11H,8H2,1-2H3,(H,25,28)(H2,22,23,24,26). The van der Waals surface area contributed by atoms with E-state index in [1.807, 2.05) is 18.2 Å². The van der Waals surface area contributed by atoms with Gasteiger partial charge in [-0.2, -0.15) is 0 Å². The molecule has 12 heteroatoms. The van der Waals surface area contributed by atoms with Crippen molar-refractivity contribution in [3.8, 4) is 11.5 Å². The van der Waals surface area contributed by atoms with Crippen LogP contribution in [0.25, 0.3) is 0 Å². The third-order valence-corrected chi connectivity index (χ3v) is 4.56. The van der Waals surface area contributed by atoms with Crippen LogP contribution in [0, 0.1) is 10.1 Å². The monoisotopic (exact) mass is 458 g/mol. The quantitative estimate of drug-likeness (QED) is 0.324. The van der Waals surface area contributed by atoms with Crippen molar-refractivity contribution >= 4 is 40.5 Å². The SMILES string of the molecule is COc1cc(OC)c(Nc2ncnc(NNC(=O)Cc3ccccc3)c2[N+](=O)[O-])cc1Cl. The minimum absolute atomic E-state index is 0.0827. The lowest BCUT2D eigenvalue weighted by Crippen LogP contribution is -2.31. The lowest BCUT2D eigenvalue weighted by atomic mass is 10.1. The zero-order valence-electron chi connectivity index (χ0n) is 17.1. The highest BCUT2D eigenvalue weighted by Crippen LogP contribution is 2.39. The van der Waals surface area contributed by atoms with Gasteiger partial charge in [0.05, 0.1) is 36.3 Å². The Kier molecular flexibility index (Phi) is 7.24. The van der Waals surface area contributed by atoms with Gasteiger partial charge in [0.15, 0.2) is 0 Å². The van der Waals surface area contributed by atoms with Crippen LogP contribution >= 0.6 is 11.6 Å². The number of benzene rings is 2. The number of hydrogen-bond acceptors (Lipinski definition) is 9. The first-order valence-electron chi connectivity index (χ1n) is 9.19. The zero-order valence-corrected chi connectivity index (χ0v) is 17.8. The molecule has 1 amide bonds. The summed E-state index contributed by atoms with van der Waals surface area (Å²) in [6.45, 7) is 0. The number of rotatable bonds is 9. The molecule has 0 saturated carbocycles. The fraction of sp³-hybridized carbons (Fsp3) is 0.150. The number of nitro groups is 1. The Morgan fingerprint density at radius 3 is 2.44 bits per heavy atom. The maximum atomic E-state index is 12.2. The number of ether oxygens (including phenoxy) is 2. The van der Waals surface area contributed by atoms with Gasteiger partial charge in [-0.3, -0.25) is 25.8 Å². The van der Waals surface area contributed by atoms with Crippen LogP contribution in [-0.4, -0.2) is 35.0 Å². The molecule has 0 radical (unpaired) electrons. The molecule has 0 aliphatic carbocycles. The van der Waals surface area contributed by atoms with Gasteiger partial charge in [0.25, 0.3) is 0 Å². The van der Waals surface area contributed by atoms with Gasteiger partial charge in [0, 0.05) is 6.07 Å². The Balaban J connectivity index is 1.83. The molecule has 0 aliphatic heterocycles. The van der Waals surface area contributed by atoms with Gasteiger partial charge in [-0.15, -0.1) is 0 Å². The number of hydrazine groups is 1. The first kappa shape index (κ1) is 22.6. The molecular weight excluding hydrogens is 440 g/mol. The second kappa shape index (κ2) is 10.3. The fourth-order valence-electron chi connectivity index (χ4n) is 2.77. The molecule has 0 unspecified atom stereocenters. The second-order valence-corrected chi connectivity index (χ2v) is 6.73. The van der Waals surface area contributed by atoms with E-state index >= 15 is 0 Å². The largest absolute Gasteiger partial charge is 0.495 e. The molecule has 0 atom stereocenters. The predicted molar refractivity (Wildman–Crippen MR) is 118 cm³/mol. The van der Waals surface area contributed by atoms with Crippen molar-refractivity contribution < 1.29 is 19.2 Å². The average molecular weight is 459 g/mol. The van der Waals surface area contributed by atoms with Gasteiger partial charge in [-0.1, -0.05) is 41.9 Å². The van der Waals surface area contributed by atoms with Crippen molar-refractivity contribution in [2.24, 2.45) is 0 Å². The van der Waals surface area contributed by atoms with Gasteiger partial charge in [0.2, 0.25) is 17.5 Å². The minimum Gasteiger partial charge on any atom is -0.495 e. The smallest absolute Gasteiger partial charge is 0.355 e. The summed E-state index contributed by atoms with van der Waals surface area (Å²) >= 11 is 6.16. The van der Waals surface area contributed by atoms with Crippen LogP contribution in [0.4, 0.5) is 23.0 Å². The van der Waals surface area contributed by atoms with Crippen molar-refractivity contribution in [2.45, 2.75) is 6.42 Å². The van der Waals surface area contributed by atoms with E-state index < -0.39 is 16.5 Å². The molecule has 0 spiro atoms. The molecular formula is C20H19ClN6O5. The van der Waals surface area contributed by atoms with Gasteiger partial charge in [0.1, 0.15) is 17.8 Å². The number of carbonyl (C=O) groups excluding carboxylic acids is 1. The zero-order chi connectivity index (χ0) is 23.1. The molecule has 0 aliphatic rings. The molecule has 0 fully saturated rings. The molecule has 2 aromatic carbocycles. The lowest BCUT2D eigenvalue weighted by molar-refractivity contribution is -0.383. The van der Waals surface area contributed by atoms with Crippen molar-refractivity contribution in [1.29, 1.82) is 0 Å². The van der Waals surface area contributed by atoms with Crippen LogP contribution in [0.2, 0.25) is 5.02 Å². The topological polar surface area (TPSA) is 141 Å². The molecule has 0 bridgehead atoms. The number of nitrogens with one attached hydrogen (secondary N) is 3. The summed E-state index contributed by atoms with van der Waals surface area (Å²) in [7, 11) is 2.88. The Morgan fingerprint density at radius 1 is 1.09 bits per heavy atom. The number of hydrogen-bond donors (Lipinski definition) is 3. The van der Waals surface area contributed by atoms with E-state index in [1.165, 1.54) is 26.4 Å². The number of nitrogens with zero attached hydrogens (tertiary/aromatic N) is 3. The van der Waals surface area contributed by atoms with E-state index in [1.54, 1.807) is 12.1 Å². The van der Waals surface area contributed by atoms with Crippen LogP contribution in [-0.2, 0) is 11.2 Å². The molecule has 11 nitrogen and oxygen atoms in total. The highest BCUT2D eigenvalue weighted by Gasteiger charge is 2.25. The maximum absolute atomic E-state index is 12.2.